The Morgan fingerprint density at radius 3 is 2.68 bits per heavy atom. The van der Waals surface area contributed by atoms with Gasteiger partial charge < -0.3 is 5.32 Å². The zero-order chi connectivity index (χ0) is 20.5. The summed E-state index contributed by atoms with van der Waals surface area (Å²) >= 11 is 0. The number of halogens is 3. The summed E-state index contributed by atoms with van der Waals surface area (Å²) in [7, 11) is 0. The van der Waals surface area contributed by atoms with E-state index in [0.29, 0.717) is 44.5 Å². The zero-order valence-corrected chi connectivity index (χ0v) is 16.4. The van der Waals surface area contributed by atoms with E-state index < -0.39 is 17.9 Å². The van der Waals surface area contributed by atoms with E-state index in [4.69, 9.17) is 0 Å². The molecule has 0 spiro atoms. The van der Waals surface area contributed by atoms with Crippen molar-refractivity contribution in [1.82, 2.24) is 24.9 Å². The monoisotopic (exact) mass is 397 g/mol. The number of nitrogens with one attached hydrogen (secondary N) is 1. The fourth-order valence-corrected chi connectivity index (χ4v) is 3.76. The average molecular weight is 397 g/mol. The smallest absolute Gasteiger partial charge is 0.354 e. The summed E-state index contributed by atoms with van der Waals surface area (Å²) in [5.74, 6) is -0.160. The number of hydrogen-bond donors (Lipinski definition) is 1. The number of hydrogen-bond acceptors (Lipinski definition) is 3. The molecular weight excluding hydrogens is 371 g/mol. The first-order chi connectivity index (χ1) is 13.2. The van der Waals surface area contributed by atoms with Crippen molar-refractivity contribution < 1.29 is 18.0 Å². The number of alkyl halides is 3. The van der Waals surface area contributed by atoms with Gasteiger partial charge in [0, 0.05) is 30.5 Å². The molecule has 154 valence electrons. The molecule has 2 aromatic rings. The lowest BCUT2D eigenvalue weighted by molar-refractivity contribution is -0.142. The van der Waals surface area contributed by atoms with E-state index in [1.54, 1.807) is 6.92 Å². The summed E-state index contributed by atoms with van der Waals surface area (Å²) in [6, 6.07) is 1.18. The van der Waals surface area contributed by atoms with Crippen LogP contribution in [0.5, 0.6) is 0 Å². The minimum absolute atomic E-state index is 0.134. The molecule has 0 bridgehead atoms. The first-order valence-corrected chi connectivity index (χ1v) is 9.66. The minimum atomic E-state index is -4.50. The first kappa shape index (κ1) is 20.4. The molecule has 0 saturated heterocycles. The largest absolute Gasteiger partial charge is 0.435 e. The number of aryl methyl sites for hydroxylation is 1. The average Bonchev–Trinajstić information content (AvgIpc) is 3.30. The Morgan fingerprint density at radius 1 is 1.32 bits per heavy atom. The molecule has 3 rings (SSSR count). The van der Waals surface area contributed by atoms with Gasteiger partial charge in [-0.25, -0.2) is 0 Å². The Balaban J connectivity index is 1.69. The standard InChI is InChI=1S/C19H26F3N5O/c1-4-15(18(28)23-10-12(2)11-26-9-8-13(3)24-26)27-16-7-5-6-14(16)17(25-27)19(20,21)22/h8-9,12,15H,4-7,10-11H2,1-3H3,(H,23,28)/t12-,15+/m0/s1. The molecule has 6 nitrogen and oxygen atoms in total. The molecule has 1 aliphatic carbocycles. The van der Waals surface area contributed by atoms with Crippen molar-refractivity contribution in [2.45, 2.75) is 65.2 Å². The second-order valence-electron chi connectivity index (χ2n) is 7.52. The van der Waals surface area contributed by atoms with Crippen molar-refractivity contribution in [3.05, 3.63) is 34.9 Å². The van der Waals surface area contributed by atoms with Crippen LogP contribution < -0.4 is 5.32 Å². The van der Waals surface area contributed by atoms with Gasteiger partial charge >= 0.3 is 6.18 Å². The van der Waals surface area contributed by atoms with Gasteiger partial charge in [-0.1, -0.05) is 13.8 Å². The van der Waals surface area contributed by atoms with Crippen molar-refractivity contribution >= 4 is 5.91 Å². The predicted octanol–water partition coefficient (Wildman–Crippen LogP) is 3.30. The third-order valence-electron chi connectivity index (χ3n) is 5.11. The van der Waals surface area contributed by atoms with Crippen LogP contribution >= 0.6 is 0 Å². The van der Waals surface area contributed by atoms with Gasteiger partial charge in [0.1, 0.15) is 6.04 Å². The van der Waals surface area contributed by atoms with Crippen LogP contribution in [0.4, 0.5) is 13.2 Å². The molecule has 1 aliphatic rings. The van der Waals surface area contributed by atoms with Crippen LogP contribution in [0.3, 0.4) is 0 Å². The number of fused-ring (bicyclic) bond motifs is 1. The van der Waals surface area contributed by atoms with Gasteiger partial charge in [0.25, 0.3) is 0 Å². The summed E-state index contributed by atoms with van der Waals surface area (Å²) in [6.07, 6.45) is -0.683. The van der Waals surface area contributed by atoms with E-state index in [-0.39, 0.29) is 17.4 Å². The van der Waals surface area contributed by atoms with Crippen LogP contribution in [0, 0.1) is 12.8 Å². The van der Waals surface area contributed by atoms with Crippen molar-refractivity contribution in [1.29, 1.82) is 0 Å². The van der Waals surface area contributed by atoms with E-state index in [1.165, 1.54) is 4.68 Å². The first-order valence-electron chi connectivity index (χ1n) is 9.66. The van der Waals surface area contributed by atoms with Crippen molar-refractivity contribution in [3.8, 4) is 0 Å². The molecule has 0 aliphatic heterocycles. The number of carbonyl (C=O) groups excluding carboxylic acids is 1. The maximum Gasteiger partial charge on any atom is 0.435 e. The molecule has 0 radical (unpaired) electrons. The SMILES string of the molecule is CC[C@H](C(=O)NC[C@H](C)Cn1ccc(C)n1)n1nc(C(F)(F)F)c2c1CCC2. The highest BCUT2D eigenvalue weighted by atomic mass is 19.4. The lowest BCUT2D eigenvalue weighted by atomic mass is 10.1. The van der Waals surface area contributed by atoms with Gasteiger partial charge in [-0.3, -0.25) is 14.2 Å². The van der Waals surface area contributed by atoms with Crippen molar-refractivity contribution in [2.24, 2.45) is 5.92 Å². The second kappa shape index (κ2) is 7.97. The highest BCUT2D eigenvalue weighted by Crippen LogP contribution is 2.37. The Hall–Kier alpha value is -2.32. The Morgan fingerprint density at radius 2 is 2.07 bits per heavy atom. The molecule has 28 heavy (non-hydrogen) atoms. The number of carbonyl (C=O) groups is 1. The summed E-state index contributed by atoms with van der Waals surface area (Å²) < 4.78 is 43.0. The van der Waals surface area contributed by atoms with Gasteiger partial charge in [-0.15, -0.1) is 0 Å². The van der Waals surface area contributed by atoms with Crippen LogP contribution in [-0.2, 0) is 30.4 Å². The Labute approximate surface area is 162 Å². The van der Waals surface area contributed by atoms with Crippen LogP contribution in [0.15, 0.2) is 12.3 Å². The zero-order valence-electron chi connectivity index (χ0n) is 16.4. The highest BCUT2D eigenvalue weighted by molar-refractivity contribution is 5.80. The molecule has 0 saturated carbocycles. The number of amides is 1. The molecular formula is C19H26F3N5O. The number of aromatic nitrogens is 4. The van der Waals surface area contributed by atoms with Gasteiger partial charge in [-0.2, -0.15) is 23.4 Å². The van der Waals surface area contributed by atoms with E-state index >= 15 is 0 Å². The molecule has 1 N–H and O–H groups in total. The lowest BCUT2D eigenvalue weighted by Crippen LogP contribution is -2.36. The number of rotatable bonds is 7. The van der Waals surface area contributed by atoms with Gasteiger partial charge in [0.15, 0.2) is 5.69 Å². The van der Waals surface area contributed by atoms with Crippen LogP contribution in [-0.4, -0.2) is 32.0 Å². The molecule has 0 fully saturated rings. The third kappa shape index (κ3) is 4.23. The molecule has 2 atom stereocenters. The fraction of sp³-hybridized carbons (Fsp3) is 0.632. The summed E-state index contributed by atoms with van der Waals surface area (Å²) in [4.78, 5) is 12.7. The van der Waals surface area contributed by atoms with Gasteiger partial charge in [-0.05, 0) is 44.6 Å². The van der Waals surface area contributed by atoms with Gasteiger partial charge in [0.2, 0.25) is 5.91 Å². The van der Waals surface area contributed by atoms with E-state index in [9.17, 15) is 18.0 Å². The van der Waals surface area contributed by atoms with Gasteiger partial charge in [0.05, 0.1) is 5.69 Å². The van der Waals surface area contributed by atoms with Crippen LogP contribution in [0.1, 0.15) is 55.4 Å². The summed E-state index contributed by atoms with van der Waals surface area (Å²) in [6.45, 7) is 6.76. The number of nitrogens with zero attached hydrogens (tertiary/aromatic N) is 4. The fourth-order valence-electron chi connectivity index (χ4n) is 3.76. The molecule has 0 unspecified atom stereocenters. The van der Waals surface area contributed by atoms with Crippen molar-refractivity contribution in [2.75, 3.05) is 6.54 Å². The van der Waals surface area contributed by atoms with Crippen LogP contribution in [0.2, 0.25) is 0 Å². The summed E-state index contributed by atoms with van der Waals surface area (Å²) in [5, 5.41) is 11.0. The van der Waals surface area contributed by atoms with Crippen LogP contribution in [0.25, 0.3) is 0 Å². The Kier molecular flexibility index (Phi) is 5.81. The predicted molar refractivity (Wildman–Crippen MR) is 97.7 cm³/mol. The molecule has 1 amide bonds. The molecule has 9 heteroatoms. The van der Waals surface area contributed by atoms with E-state index in [2.05, 4.69) is 15.5 Å². The minimum Gasteiger partial charge on any atom is -0.354 e. The highest BCUT2D eigenvalue weighted by Gasteiger charge is 2.41. The molecule has 0 aromatic carbocycles. The normalized spacial score (nSPS) is 16.1. The second-order valence-corrected chi connectivity index (χ2v) is 7.52. The maximum absolute atomic E-state index is 13.3. The molecule has 2 heterocycles. The van der Waals surface area contributed by atoms with E-state index in [1.807, 2.05) is 30.8 Å². The molecule has 2 aromatic heterocycles. The third-order valence-corrected chi connectivity index (χ3v) is 5.11. The summed E-state index contributed by atoms with van der Waals surface area (Å²) in [5.41, 5.74) is 0.888. The Bertz CT molecular complexity index is 839. The topological polar surface area (TPSA) is 64.7 Å². The quantitative estimate of drug-likeness (QED) is 0.780. The van der Waals surface area contributed by atoms with E-state index in [0.717, 1.165) is 5.69 Å². The lowest BCUT2D eigenvalue weighted by Gasteiger charge is -2.20. The maximum atomic E-state index is 13.3. The van der Waals surface area contributed by atoms with Crippen molar-refractivity contribution in [3.63, 3.8) is 0 Å².